The van der Waals surface area contributed by atoms with E-state index in [1.165, 1.54) is 0 Å². The van der Waals surface area contributed by atoms with Gasteiger partial charge in [0.1, 0.15) is 18.5 Å². The number of β-amino-alcohol motifs (C(OH)–C–C–N with tert-alkyl or cyclic N) is 1. The van der Waals surface area contributed by atoms with Gasteiger partial charge in [0.15, 0.2) is 0 Å². The molecule has 0 amide bonds. The summed E-state index contributed by atoms with van der Waals surface area (Å²) in [5.74, 6) is 1.58. The molecule has 6 heteroatoms. The first kappa shape index (κ1) is 21.7. The third-order valence-corrected chi connectivity index (χ3v) is 5.42. The lowest BCUT2D eigenvalue weighted by Crippen LogP contribution is -2.49. The maximum Gasteiger partial charge on any atom is 0.119 e. The number of piperazine rings is 1. The number of hydrogen-bond donors (Lipinski definition) is 2. The van der Waals surface area contributed by atoms with E-state index in [1.54, 1.807) is 7.11 Å². The van der Waals surface area contributed by atoms with Crippen molar-refractivity contribution in [2.24, 2.45) is 0 Å². The topological polar surface area (TPSA) is 54.0 Å². The van der Waals surface area contributed by atoms with Crippen LogP contribution in [0, 0.1) is 0 Å². The number of halogens is 1. The molecule has 0 spiro atoms. The van der Waals surface area contributed by atoms with Gasteiger partial charge in [-0.3, -0.25) is 4.90 Å². The van der Waals surface area contributed by atoms with Crippen LogP contribution in [0.15, 0.2) is 54.3 Å². The molecule has 0 saturated carbocycles. The number of ether oxygens (including phenoxy) is 2. The Morgan fingerprint density at radius 2 is 2.03 bits per heavy atom. The molecule has 0 aliphatic carbocycles. The van der Waals surface area contributed by atoms with Gasteiger partial charge in [0.2, 0.25) is 0 Å². The first-order valence-corrected chi connectivity index (χ1v) is 10.3. The lowest BCUT2D eigenvalue weighted by atomic mass is 10.0. The minimum Gasteiger partial charge on any atom is -0.501 e. The Bertz CT molecular complexity index is 810. The van der Waals surface area contributed by atoms with Crippen LogP contribution in [0.3, 0.4) is 0 Å². The van der Waals surface area contributed by atoms with E-state index in [0.29, 0.717) is 6.54 Å². The number of hydrogen-bond acceptors (Lipinski definition) is 5. The van der Waals surface area contributed by atoms with E-state index >= 15 is 0 Å². The van der Waals surface area contributed by atoms with Gasteiger partial charge in [0, 0.05) is 37.2 Å². The summed E-state index contributed by atoms with van der Waals surface area (Å²) in [7, 11) is 1.65. The van der Waals surface area contributed by atoms with Crippen LogP contribution in [0.1, 0.15) is 24.1 Å². The average Bonchev–Trinajstić information content (AvgIpc) is 2.74. The van der Waals surface area contributed by atoms with Gasteiger partial charge in [-0.05, 0) is 42.3 Å². The minimum absolute atomic E-state index is 0.141. The highest BCUT2D eigenvalue weighted by Gasteiger charge is 2.27. The normalized spacial score (nSPS) is 19.0. The third-order valence-electron chi connectivity index (χ3n) is 5.08. The molecule has 1 heterocycles. The number of allylic oxidation sites excluding steroid dienone is 1. The molecule has 1 saturated heterocycles. The highest BCUT2D eigenvalue weighted by molar-refractivity contribution is 6.31. The van der Waals surface area contributed by atoms with Gasteiger partial charge in [-0.1, -0.05) is 41.9 Å². The van der Waals surface area contributed by atoms with Gasteiger partial charge in [0.25, 0.3) is 0 Å². The summed E-state index contributed by atoms with van der Waals surface area (Å²) in [6.45, 7) is 5.24. The van der Waals surface area contributed by atoms with Gasteiger partial charge >= 0.3 is 0 Å². The zero-order valence-corrected chi connectivity index (χ0v) is 17.7. The van der Waals surface area contributed by atoms with E-state index in [9.17, 15) is 5.11 Å². The number of rotatable bonds is 8. The predicted molar refractivity (Wildman–Crippen MR) is 117 cm³/mol. The molecular weight excluding hydrogens is 388 g/mol. The molecule has 156 valence electrons. The summed E-state index contributed by atoms with van der Waals surface area (Å²) < 4.78 is 11.0. The van der Waals surface area contributed by atoms with Crippen LogP contribution in [-0.4, -0.2) is 56.0 Å². The maximum absolute atomic E-state index is 10.6. The van der Waals surface area contributed by atoms with Crippen molar-refractivity contribution in [1.82, 2.24) is 10.2 Å². The first-order valence-electron chi connectivity index (χ1n) is 9.89. The third kappa shape index (κ3) is 6.21. The highest BCUT2D eigenvalue weighted by Crippen LogP contribution is 2.28. The SMILES string of the molecule is CO/C(C)=C/c1ccc(OCC(O)CN2CCNCC2c2ccccc2Cl)cc1. The minimum atomic E-state index is -0.589. The second kappa shape index (κ2) is 10.6. The summed E-state index contributed by atoms with van der Waals surface area (Å²) in [4.78, 5) is 2.27. The lowest BCUT2D eigenvalue weighted by molar-refractivity contribution is 0.0437. The fraction of sp³-hybridized carbons (Fsp3) is 0.391. The molecule has 3 rings (SSSR count). The number of aliphatic hydroxyl groups excluding tert-OH is 1. The number of nitrogens with zero attached hydrogens (tertiary/aromatic N) is 1. The van der Waals surface area contributed by atoms with E-state index in [1.807, 2.05) is 55.5 Å². The Morgan fingerprint density at radius 1 is 1.28 bits per heavy atom. The smallest absolute Gasteiger partial charge is 0.119 e. The van der Waals surface area contributed by atoms with Crippen molar-refractivity contribution in [2.75, 3.05) is 39.9 Å². The van der Waals surface area contributed by atoms with Crippen molar-refractivity contribution in [3.63, 3.8) is 0 Å². The molecule has 1 aliphatic rings. The fourth-order valence-electron chi connectivity index (χ4n) is 3.49. The van der Waals surface area contributed by atoms with Crippen LogP contribution in [0.2, 0.25) is 5.02 Å². The van der Waals surface area contributed by atoms with E-state index in [4.69, 9.17) is 21.1 Å². The van der Waals surface area contributed by atoms with Crippen LogP contribution in [0.5, 0.6) is 5.75 Å². The van der Waals surface area contributed by atoms with Gasteiger partial charge < -0.3 is 19.9 Å². The van der Waals surface area contributed by atoms with Crippen molar-refractivity contribution >= 4 is 17.7 Å². The Kier molecular flexibility index (Phi) is 7.95. The molecule has 5 nitrogen and oxygen atoms in total. The van der Waals surface area contributed by atoms with Crippen LogP contribution >= 0.6 is 11.6 Å². The van der Waals surface area contributed by atoms with E-state index in [0.717, 1.165) is 47.3 Å². The van der Waals surface area contributed by atoms with E-state index < -0.39 is 6.10 Å². The van der Waals surface area contributed by atoms with Crippen molar-refractivity contribution in [3.8, 4) is 5.75 Å². The molecule has 0 aromatic heterocycles. The average molecular weight is 417 g/mol. The van der Waals surface area contributed by atoms with E-state index in [-0.39, 0.29) is 12.6 Å². The molecule has 2 unspecified atom stereocenters. The van der Waals surface area contributed by atoms with Crippen LogP contribution in [0.4, 0.5) is 0 Å². The Hall–Kier alpha value is -2.05. The highest BCUT2D eigenvalue weighted by atomic mass is 35.5. The first-order chi connectivity index (χ1) is 14.1. The second-order valence-corrected chi connectivity index (χ2v) is 7.64. The number of benzene rings is 2. The largest absolute Gasteiger partial charge is 0.501 e. The van der Waals surface area contributed by atoms with Crippen molar-refractivity contribution in [2.45, 2.75) is 19.1 Å². The quantitative estimate of drug-likeness (QED) is 0.642. The molecule has 2 aromatic carbocycles. The summed E-state index contributed by atoms with van der Waals surface area (Å²) in [6.07, 6.45) is 1.37. The Labute approximate surface area is 177 Å². The number of aliphatic hydroxyl groups is 1. The van der Waals surface area contributed by atoms with Gasteiger partial charge in [-0.25, -0.2) is 0 Å². The standard InChI is InChI=1S/C23H29ClN2O3/c1-17(28-2)13-18-7-9-20(10-8-18)29-16-19(27)15-26-12-11-25-14-23(26)21-5-3-4-6-22(21)24/h3-10,13,19,23,25,27H,11-12,14-16H2,1-2H3/b17-13+. The Morgan fingerprint density at radius 3 is 2.76 bits per heavy atom. The summed E-state index contributed by atoms with van der Waals surface area (Å²) in [6, 6.07) is 15.8. The Balaban J connectivity index is 1.55. The van der Waals surface area contributed by atoms with Gasteiger partial charge in [-0.2, -0.15) is 0 Å². The van der Waals surface area contributed by atoms with Crippen molar-refractivity contribution in [3.05, 3.63) is 70.4 Å². The fourth-order valence-corrected chi connectivity index (χ4v) is 3.75. The van der Waals surface area contributed by atoms with Crippen LogP contribution in [-0.2, 0) is 4.74 Å². The van der Waals surface area contributed by atoms with Crippen molar-refractivity contribution < 1.29 is 14.6 Å². The zero-order valence-electron chi connectivity index (χ0n) is 17.0. The molecule has 1 aliphatic heterocycles. The van der Waals surface area contributed by atoms with Gasteiger partial charge in [0.05, 0.1) is 12.9 Å². The second-order valence-electron chi connectivity index (χ2n) is 7.23. The number of nitrogens with one attached hydrogen (secondary N) is 1. The molecule has 2 atom stereocenters. The predicted octanol–water partition coefficient (Wildman–Crippen LogP) is 3.73. The summed E-state index contributed by atoms with van der Waals surface area (Å²) >= 11 is 6.40. The molecular formula is C23H29ClN2O3. The summed E-state index contributed by atoms with van der Waals surface area (Å²) in [5, 5.41) is 14.7. The summed E-state index contributed by atoms with van der Waals surface area (Å²) in [5.41, 5.74) is 2.13. The number of methoxy groups -OCH3 is 1. The van der Waals surface area contributed by atoms with Crippen molar-refractivity contribution in [1.29, 1.82) is 0 Å². The molecule has 0 radical (unpaired) electrons. The lowest BCUT2D eigenvalue weighted by Gasteiger charge is -2.37. The van der Waals surface area contributed by atoms with E-state index in [2.05, 4.69) is 16.3 Å². The molecule has 2 aromatic rings. The molecule has 2 N–H and O–H groups in total. The van der Waals surface area contributed by atoms with Crippen LogP contribution in [0.25, 0.3) is 6.08 Å². The van der Waals surface area contributed by atoms with Gasteiger partial charge in [-0.15, -0.1) is 0 Å². The van der Waals surface area contributed by atoms with Crippen LogP contribution < -0.4 is 10.1 Å². The molecule has 29 heavy (non-hydrogen) atoms. The maximum atomic E-state index is 10.6. The molecule has 0 bridgehead atoms. The molecule has 1 fully saturated rings. The monoisotopic (exact) mass is 416 g/mol. The zero-order chi connectivity index (χ0) is 20.6.